The fourth-order valence-corrected chi connectivity index (χ4v) is 8.84. The van der Waals surface area contributed by atoms with Crippen molar-refractivity contribution in [1.82, 2.24) is 0 Å². The maximum absolute atomic E-state index is 14.3. The van der Waals surface area contributed by atoms with Gasteiger partial charge in [-0.25, -0.2) is 4.79 Å². The van der Waals surface area contributed by atoms with Crippen molar-refractivity contribution in [1.29, 1.82) is 0 Å². The largest absolute Gasteiger partial charge is 0.497 e. The van der Waals surface area contributed by atoms with Crippen LogP contribution in [0.25, 0.3) is 11.1 Å². The third-order valence-electron chi connectivity index (χ3n) is 10.9. The summed E-state index contributed by atoms with van der Waals surface area (Å²) in [5.74, 6) is 0.746. The summed E-state index contributed by atoms with van der Waals surface area (Å²) in [6.45, 7) is 16.0. The second-order valence-corrected chi connectivity index (χ2v) is 15.6. The molecule has 6 rings (SSSR count). The molecular weight excluding hydrogens is 810 g/mol. The predicted molar refractivity (Wildman–Crippen MR) is 243 cm³/mol. The second-order valence-electron chi connectivity index (χ2n) is 14.1. The van der Waals surface area contributed by atoms with Gasteiger partial charge in [-0.05, 0) is 147 Å². The number of ether oxygens (including phenoxy) is 3. The minimum Gasteiger partial charge on any atom is -0.497 e. The van der Waals surface area contributed by atoms with Gasteiger partial charge < -0.3 is 24.0 Å². The van der Waals surface area contributed by atoms with E-state index in [1.54, 1.807) is 14.2 Å². The third kappa shape index (κ3) is 8.18. The Morgan fingerprint density at radius 1 is 0.603 bits per heavy atom. The zero-order valence-electron chi connectivity index (χ0n) is 34.1. The lowest BCUT2D eigenvalue weighted by Gasteiger charge is -2.28. The Morgan fingerprint density at radius 3 is 1.36 bits per heavy atom. The summed E-state index contributed by atoms with van der Waals surface area (Å²) in [5.41, 5.74) is 7.88. The van der Waals surface area contributed by atoms with Gasteiger partial charge in [0, 0.05) is 43.1 Å². The Morgan fingerprint density at radius 2 is 1.00 bits per heavy atom. The first-order valence-corrected chi connectivity index (χ1v) is 20.9. The topological polar surface area (TPSA) is 51.2 Å². The summed E-state index contributed by atoms with van der Waals surface area (Å²) < 4.78 is 17.9. The molecule has 0 radical (unpaired) electrons. The van der Waals surface area contributed by atoms with Crippen LogP contribution in [0.1, 0.15) is 77.0 Å². The number of benzene rings is 5. The molecule has 302 valence electrons. The lowest BCUT2D eigenvalue weighted by atomic mass is 9.82. The fourth-order valence-electron chi connectivity index (χ4n) is 7.76. The maximum Gasteiger partial charge on any atom is 0.341 e. The van der Waals surface area contributed by atoms with Gasteiger partial charge in [-0.3, -0.25) is 0 Å². The summed E-state index contributed by atoms with van der Waals surface area (Å²) >= 11 is 27.6. The molecule has 6 nitrogen and oxygen atoms in total. The van der Waals surface area contributed by atoms with Gasteiger partial charge in [0.1, 0.15) is 11.5 Å². The molecule has 0 unspecified atom stereocenters. The number of methoxy groups -OCH3 is 2. The molecule has 0 saturated carbocycles. The number of carbonyl (C=O) groups is 1. The molecule has 0 spiro atoms. The van der Waals surface area contributed by atoms with E-state index in [1.165, 1.54) is 0 Å². The van der Waals surface area contributed by atoms with Crippen molar-refractivity contribution in [2.45, 2.75) is 47.1 Å². The summed E-state index contributed by atoms with van der Waals surface area (Å²) in [6.07, 6.45) is 3.90. The number of hydrogen-bond donors (Lipinski definition) is 0. The Kier molecular flexibility index (Phi) is 13.4. The average molecular weight is 859 g/mol. The van der Waals surface area contributed by atoms with Gasteiger partial charge in [0.15, 0.2) is 5.60 Å². The van der Waals surface area contributed by atoms with Gasteiger partial charge in [0.2, 0.25) is 0 Å². The molecule has 1 aliphatic heterocycles. The first kappa shape index (κ1) is 43.0. The number of halogens is 4. The van der Waals surface area contributed by atoms with Gasteiger partial charge in [-0.1, -0.05) is 82.8 Å². The Bertz CT molecular complexity index is 2260. The van der Waals surface area contributed by atoms with Crippen LogP contribution in [0.4, 0.5) is 11.4 Å². The van der Waals surface area contributed by atoms with E-state index in [0.29, 0.717) is 17.1 Å². The number of hydrogen-bond acceptors (Lipinski definition) is 6. The molecule has 5 aromatic carbocycles. The minimum atomic E-state index is -1.65. The maximum atomic E-state index is 14.3. The van der Waals surface area contributed by atoms with Gasteiger partial charge >= 0.3 is 5.97 Å². The fraction of sp³-hybridized carbons (Fsp3) is 0.271. The molecule has 5 aromatic rings. The highest BCUT2D eigenvalue weighted by molar-refractivity contribution is 6.53. The number of rotatable bonds is 14. The number of aryl methyl sites for hydroxylation is 2. The first-order chi connectivity index (χ1) is 27.8. The van der Waals surface area contributed by atoms with Crippen molar-refractivity contribution in [2.75, 3.05) is 50.2 Å². The van der Waals surface area contributed by atoms with Crippen molar-refractivity contribution >= 4 is 74.9 Å². The highest BCUT2D eigenvalue weighted by Crippen LogP contribution is 2.54. The predicted octanol–water partition coefficient (Wildman–Crippen LogP) is 13.3. The molecule has 0 saturated heterocycles. The molecule has 0 N–H and O–H groups in total. The van der Waals surface area contributed by atoms with Crippen LogP contribution >= 0.6 is 46.4 Å². The Hall–Kier alpha value is -4.59. The molecule has 58 heavy (non-hydrogen) atoms. The summed E-state index contributed by atoms with van der Waals surface area (Å²) in [4.78, 5) is 18.9. The first-order valence-electron chi connectivity index (χ1n) is 19.4. The Labute approximate surface area is 362 Å². The molecule has 0 aromatic heterocycles. The molecule has 0 atom stereocenters. The van der Waals surface area contributed by atoms with Crippen LogP contribution in [0, 0.1) is 13.8 Å². The number of carbonyl (C=O) groups excluding carboxylic acids is 1. The zero-order valence-corrected chi connectivity index (χ0v) is 37.1. The molecule has 10 heteroatoms. The standard InChI is InChI=1S/C48H48Cl4N2O4/c1-9-53(10-2)33-17-13-31(14-18-33)39(37-23-21-35(56-7)25-29(37)5)27-48(42-41(47(55)58-48)43(49)45(51)46(52)44(42)50)28-40(38-24-22-36(57-8)26-30(38)6)32-15-19-34(20-16-32)54(11-3)12-4/h13-28H,9-12H2,1-8H3. The van der Waals surface area contributed by atoms with Gasteiger partial charge in [0.05, 0.1) is 39.9 Å². The number of nitrogens with zero attached hydrogens (tertiary/aromatic N) is 2. The van der Waals surface area contributed by atoms with Gasteiger partial charge in [0.25, 0.3) is 0 Å². The van der Waals surface area contributed by atoms with Crippen LogP contribution in [0.5, 0.6) is 11.5 Å². The van der Waals surface area contributed by atoms with Crippen molar-refractivity contribution in [3.05, 3.63) is 162 Å². The molecular formula is C48H48Cl4N2O4. The lowest BCUT2D eigenvalue weighted by molar-refractivity contribution is 0.0300. The molecule has 0 fully saturated rings. The van der Waals surface area contributed by atoms with Gasteiger partial charge in [-0.15, -0.1) is 0 Å². The third-order valence-corrected chi connectivity index (χ3v) is 12.7. The minimum absolute atomic E-state index is 0.0214. The summed E-state index contributed by atoms with van der Waals surface area (Å²) in [5, 5.41) is 0.0309. The Balaban J connectivity index is 1.76. The molecule has 0 aliphatic carbocycles. The lowest BCUT2D eigenvalue weighted by Crippen LogP contribution is -2.23. The number of fused-ring (bicyclic) bond motifs is 1. The monoisotopic (exact) mass is 856 g/mol. The highest BCUT2D eigenvalue weighted by atomic mass is 35.5. The average Bonchev–Trinajstić information content (AvgIpc) is 3.53. The summed E-state index contributed by atoms with van der Waals surface area (Å²) in [7, 11) is 3.29. The molecule has 1 aliphatic rings. The zero-order chi connectivity index (χ0) is 41.9. The van der Waals surface area contributed by atoms with Crippen LogP contribution in [0.15, 0.2) is 97.1 Å². The quantitative estimate of drug-likeness (QED) is 0.0630. The number of cyclic esters (lactones) is 1. The highest BCUT2D eigenvalue weighted by Gasteiger charge is 2.48. The van der Waals surface area contributed by atoms with E-state index in [2.05, 4.69) is 86.0 Å². The molecule has 0 amide bonds. The molecule has 1 heterocycles. The second kappa shape index (κ2) is 18.1. The normalized spacial score (nSPS) is 15.3. The van der Waals surface area contributed by atoms with Crippen LogP contribution < -0.4 is 19.3 Å². The molecule has 0 bridgehead atoms. The smallest absolute Gasteiger partial charge is 0.341 e. The van der Waals surface area contributed by atoms with E-state index in [4.69, 9.17) is 60.6 Å². The van der Waals surface area contributed by atoms with Crippen molar-refractivity contribution in [2.24, 2.45) is 0 Å². The SMILES string of the molecule is CCN(CC)c1ccc(C(=CC2(C=C(c3ccc(N(CC)CC)cc3)c3ccc(OC)cc3C)OC(=O)c3c(Cl)c(Cl)c(Cl)c(Cl)c32)c2ccc(OC)cc2C)cc1. The van der Waals surface area contributed by atoms with Crippen LogP contribution in [-0.2, 0) is 10.3 Å². The van der Waals surface area contributed by atoms with Gasteiger partial charge in [-0.2, -0.15) is 0 Å². The van der Waals surface area contributed by atoms with E-state index < -0.39 is 11.6 Å². The van der Waals surface area contributed by atoms with Crippen molar-refractivity contribution < 1.29 is 19.0 Å². The number of esters is 1. The van der Waals surface area contributed by atoms with E-state index in [9.17, 15) is 4.79 Å². The summed E-state index contributed by atoms with van der Waals surface area (Å²) in [6, 6.07) is 28.6. The van der Waals surface area contributed by atoms with Crippen LogP contribution in [0.2, 0.25) is 20.1 Å². The van der Waals surface area contributed by atoms with Crippen LogP contribution in [0.3, 0.4) is 0 Å². The van der Waals surface area contributed by atoms with Crippen molar-refractivity contribution in [3.8, 4) is 11.5 Å². The van der Waals surface area contributed by atoms with E-state index in [1.807, 2.05) is 62.4 Å². The van der Waals surface area contributed by atoms with Crippen molar-refractivity contribution in [3.63, 3.8) is 0 Å². The van der Waals surface area contributed by atoms with Crippen LogP contribution in [-0.4, -0.2) is 46.4 Å². The van der Waals surface area contributed by atoms with E-state index in [-0.39, 0.29) is 25.7 Å². The van der Waals surface area contributed by atoms with E-state index >= 15 is 0 Å². The number of anilines is 2. The van der Waals surface area contributed by atoms with E-state index in [0.717, 1.165) is 82.1 Å².